The fourth-order valence-electron chi connectivity index (χ4n) is 3.05. The zero-order valence-corrected chi connectivity index (χ0v) is 18.5. The Kier molecular flexibility index (Phi) is 6.76. The van der Waals surface area contributed by atoms with Gasteiger partial charge < -0.3 is 15.2 Å². The van der Waals surface area contributed by atoms with Crippen LogP contribution in [0.15, 0.2) is 23.1 Å². The summed E-state index contributed by atoms with van der Waals surface area (Å²) in [6, 6.07) is 3.52. The van der Waals surface area contributed by atoms with E-state index in [-0.39, 0.29) is 17.9 Å². The van der Waals surface area contributed by atoms with Crippen molar-refractivity contribution in [2.45, 2.75) is 76.6 Å². The Morgan fingerprint density at radius 2 is 1.86 bits per heavy atom. The highest BCUT2D eigenvalue weighted by Gasteiger charge is 2.45. The van der Waals surface area contributed by atoms with Crippen molar-refractivity contribution < 1.29 is 27.9 Å². The molecule has 0 bridgehead atoms. The molecule has 2 N–H and O–H groups in total. The van der Waals surface area contributed by atoms with Gasteiger partial charge in [-0.15, -0.1) is 0 Å². The second kappa shape index (κ2) is 8.41. The molecule has 1 aliphatic rings. The molecule has 8 nitrogen and oxygen atoms in total. The van der Waals surface area contributed by atoms with E-state index in [2.05, 4.69) is 5.32 Å². The summed E-state index contributed by atoms with van der Waals surface area (Å²) >= 11 is 0. The van der Waals surface area contributed by atoms with Gasteiger partial charge in [-0.2, -0.15) is 4.31 Å². The van der Waals surface area contributed by atoms with Crippen LogP contribution in [0, 0.1) is 13.8 Å². The predicted molar refractivity (Wildman–Crippen MR) is 108 cm³/mol. The number of hydrogen-bond donors (Lipinski definition) is 2. The summed E-state index contributed by atoms with van der Waals surface area (Å²) in [5.41, 5.74) is 1.25. The van der Waals surface area contributed by atoms with Crippen LogP contribution >= 0.6 is 0 Å². The maximum atomic E-state index is 13.1. The number of benzene rings is 1. The Morgan fingerprint density at radius 3 is 2.41 bits per heavy atom. The molecule has 0 aliphatic carbocycles. The molecule has 1 aromatic rings. The lowest BCUT2D eigenvalue weighted by atomic mass is 10.1. The molecule has 1 saturated heterocycles. The monoisotopic (exact) mass is 426 g/mol. The first kappa shape index (κ1) is 23.3. The van der Waals surface area contributed by atoms with Crippen LogP contribution in [0.2, 0.25) is 0 Å². The number of sulfonamides is 1. The lowest BCUT2D eigenvalue weighted by Gasteiger charge is -2.26. The first-order valence-corrected chi connectivity index (χ1v) is 11.0. The minimum absolute atomic E-state index is 0.0472. The van der Waals surface area contributed by atoms with E-state index in [9.17, 15) is 23.1 Å². The van der Waals surface area contributed by atoms with Crippen molar-refractivity contribution in [3.8, 4) is 0 Å². The number of amides is 1. The number of esters is 1. The molecule has 9 heteroatoms. The number of β-amino-alcohol motifs (C(OH)–C–C–N with tert-alkyl or cyclic N) is 1. The highest BCUT2D eigenvalue weighted by Crippen LogP contribution is 2.28. The molecule has 0 aromatic heterocycles. The van der Waals surface area contributed by atoms with E-state index >= 15 is 0 Å². The van der Waals surface area contributed by atoms with Gasteiger partial charge in [0.25, 0.3) is 5.91 Å². The number of carbonyl (C=O) groups excluding carboxylic acids is 2. The van der Waals surface area contributed by atoms with Crippen LogP contribution in [0.1, 0.15) is 45.2 Å². The predicted octanol–water partition coefficient (Wildman–Crippen LogP) is 1.27. The molecule has 1 aliphatic heterocycles. The zero-order valence-electron chi connectivity index (χ0n) is 17.7. The average molecular weight is 427 g/mol. The smallest absolute Gasteiger partial charge is 0.325 e. The van der Waals surface area contributed by atoms with Crippen molar-refractivity contribution in [1.29, 1.82) is 0 Å². The van der Waals surface area contributed by atoms with Crippen molar-refractivity contribution in [3.63, 3.8) is 0 Å². The summed E-state index contributed by atoms with van der Waals surface area (Å²) in [5.74, 6) is -1.33. The van der Waals surface area contributed by atoms with Crippen LogP contribution < -0.4 is 5.32 Å². The molecule has 29 heavy (non-hydrogen) atoms. The molecular formula is C20H30N2O6S. The summed E-state index contributed by atoms with van der Waals surface area (Å²) < 4.78 is 32.4. The topological polar surface area (TPSA) is 113 Å². The van der Waals surface area contributed by atoms with Gasteiger partial charge >= 0.3 is 5.97 Å². The average Bonchev–Trinajstić information content (AvgIpc) is 2.98. The fourth-order valence-corrected chi connectivity index (χ4v) is 4.76. The van der Waals surface area contributed by atoms with Gasteiger partial charge in [-0.25, -0.2) is 8.42 Å². The highest BCUT2D eigenvalue weighted by atomic mass is 32.2. The summed E-state index contributed by atoms with van der Waals surface area (Å²) in [7, 11) is -4.02. The number of ether oxygens (including phenoxy) is 1. The molecule has 0 spiro atoms. The Labute approximate surface area is 172 Å². The molecule has 1 heterocycles. The normalized spacial score (nSPS) is 21.6. The number of nitrogens with one attached hydrogen (secondary N) is 1. The van der Waals surface area contributed by atoms with Gasteiger partial charge in [-0.3, -0.25) is 9.59 Å². The first-order chi connectivity index (χ1) is 13.2. The number of nitrogens with zero attached hydrogens (tertiary/aromatic N) is 1. The SMILES string of the molecule is Cc1ccc(S(=O)(=O)N2C[C@H](O)C[C@H]2C(=O)O[C@@H](C)C(=O)NC(C)(C)C)cc1C. The molecule has 0 unspecified atom stereocenters. The molecule has 2 rings (SSSR count). The van der Waals surface area contributed by atoms with Gasteiger partial charge in [0, 0.05) is 18.5 Å². The number of aliphatic hydroxyl groups excluding tert-OH is 1. The van der Waals surface area contributed by atoms with Crippen molar-refractivity contribution in [1.82, 2.24) is 9.62 Å². The minimum Gasteiger partial charge on any atom is -0.451 e. The quantitative estimate of drug-likeness (QED) is 0.686. The largest absolute Gasteiger partial charge is 0.451 e. The van der Waals surface area contributed by atoms with Crippen LogP contribution in [-0.4, -0.2) is 60.0 Å². The van der Waals surface area contributed by atoms with Gasteiger partial charge in [0.2, 0.25) is 10.0 Å². The van der Waals surface area contributed by atoms with Crippen LogP contribution in [0.3, 0.4) is 0 Å². The Morgan fingerprint density at radius 1 is 1.24 bits per heavy atom. The number of hydrogen-bond acceptors (Lipinski definition) is 6. The maximum absolute atomic E-state index is 13.1. The van der Waals surface area contributed by atoms with E-state index in [1.807, 2.05) is 6.92 Å². The van der Waals surface area contributed by atoms with E-state index in [1.165, 1.54) is 19.1 Å². The molecule has 1 fully saturated rings. The lowest BCUT2D eigenvalue weighted by molar-refractivity contribution is -0.158. The third kappa shape index (κ3) is 5.55. The zero-order chi connectivity index (χ0) is 22.1. The van der Waals surface area contributed by atoms with E-state index in [4.69, 9.17) is 4.74 Å². The standard InChI is InChI=1S/C20H30N2O6S/c1-12-7-8-16(9-13(12)2)29(26,27)22-11-15(23)10-17(22)19(25)28-14(3)18(24)21-20(4,5)6/h7-9,14-15,17,23H,10-11H2,1-6H3,(H,21,24)/t14-,15+,17-/m0/s1. The summed E-state index contributed by atoms with van der Waals surface area (Å²) in [4.78, 5) is 24.9. The minimum atomic E-state index is -4.02. The highest BCUT2D eigenvalue weighted by molar-refractivity contribution is 7.89. The van der Waals surface area contributed by atoms with Crippen molar-refractivity contribution in [2.75, 3.05) is 6.54 Å². The summed E-state index contributed by atoms with van der Waals surface area (Å²) in [5, 5.41) is 12.7. The van der Waals surface area contributed by atoms with Crippen molar-refractivity contribution in [3.05, 3.63) is 29.3 Å². The van der Waals surface area contributed by atoms with E-state index in [0.717, 1.165) is 15.4 Å². The molecular weight excluding hydrogens is 396 g/mol. The Balaban J connectivity index is 2.22. The van der Waals surface area contributed by atoms with Gasteiger partial charge in [-0.05, 0) is 64.8 Å². The van der Waals surface area contributed by atoms with Gasteiger partial charge in [0.05, 0.1) is 11.0 Å². The number of aliphatic hydroxyl groups is 1. The second-order valence-electron chi connectivity index (χ2n) is 8.54. The molecule has 1 amide bonds. The molecule has 0 radical (unpaired) electrons. The Hall–Kier alpha value is -1.97. The maximum Gasteiger partial charge on any atom is 0.325 e. The molecule has 162 valence electrons. The van der Waals surface area contributed by atoms with Crippen LogP contribution in [0.5, 0.6) is 0 Å². The van der Waals surface area contributed by atoms with Gasteiger partial charge in [-0.1, -0.05) is 6.07 Å². The van der Waals surface area contributed by atoms with Crippen LogP contribution in [0.4, 0.5) is 0 Å². The molecule has 3 atom stereocenters. The van der Waals surface area contributed by atoms with Crippen LogP contribution in [0.25, 0.3) is 0 Å². The Bertz CT molecular complexity index is 891. The fraction of sp³-hybridized carbons (Fsp3) is 0.600. The number of carbonyl (C=O) groups is 2. The number of aryl methyl sites for hydroxylation is 2. The lowest BCUT2D eigenvalue weighted by Crippen LogP contribution is -2.48. The third-order valence-electron chi connectivity index (χ3n) is 4.75. The van der Waals surface area contributed by atoms with E-state index < -0.39 is 45.7 Å². The second-order valence-corrected chi connectivity index (χ2v) is 10.4. The third-order valence-corrected chi connectivity index (χ3v) is 6.62. The first-order valence-electron chi connectivity index (χ1n) is 9.52. The van der Waals surface area contributed by atoms with Gasteiger partial charge in [0.15, 0.2) is 6.10 Å². The molecule has 0 saturated carbocycles. The summed E-state index contributed by atoms with van der Waals surface area (Å²) in [6.07, 6.45) is -2.17. The summed E-state index contributed by atoms with van der Waals surface area (Å²) in [6.45, 7) is 10.3. The van der Waals surface area contributed by atoms with Gasteiger partial charge in [0.1, 0.15) is 6.04 Å². The molecule has 1 aromatic carbocycles. The van der Waals surface area contributed by atoms with E-state index in [1.54, 1.807) is 33.8 Å². The van der Waals surface area contributed by atoms with E-state index in [0.29, 0.717) is 0 Å². The number of rotatable bonds is 5. The van der Waals surface area contributed by atoms with Crippen molar-refractivity contribution in [2.24, 2.45) is 0 Å². The van der Waals surface area contributed by atoms with Crippen LogP contribution in [-0.2, 0) is 24.3 Å². The van der Waals surface area contributed by atoms with Crippen molar-refractivity contribution >= 4 is 21.9 Å².